The van der Waals surface area contributed by atoms with Gasteiger partial charge in [-0.2, -0.15) is 0 Å². The summed E-state index contributed by atoms with van der Waals surface area (Å²) in [6.07, 6.45) is 1.68. The first-order valence-corrected chi connectivity index (χ1v) is 5.51. The number of carbonyl (C=O) groups is 1. The highest BCUT2D eigenvalue weighted by atomic mass is 16.3. The zero-order valence-electron chi connectivity index (χ0n) is 9.36. The molecule has 0 aromatic rings. The fourth-order valence-electron chi connectivity index (χ4n) is 2.28. The van der Waals surface area contributed by atoms with E-state index in [1.165, 1.54) is 0 Å². The van der Waals surface area contributed by atoms with Crippen LogP contribution in [0.2, 0.25) is 0 Å². The molecule has 3 heteroatoms. The molecule has 1 aliphatic heterocycles. The average molecular weight is 199 g/mol. The first-order chi connectivity index (χ1) is 6.61. The Labute approximate surface area is 86.1 Å². The van der Waals surface area contributed by atoms with Crippen LogP contribution in [0.15, 0.2) is 0 Å². The fourth-order valence-corrected chi connectivity index (χ4v) is 2.28. The zero-order chi connectivity index (χ0) is 10.7. The summed E-state index contributed by atoms with van der Waals surface area (Å²) in [5.41, 5.74) is 0. The normalized spacial score (nSPS) is 30.6. The van der Waals surface area contributed by atoms with Gasteiger partial charge in [-0.25, -0.2) is 0 Å². The van der Waals surface area contributed by atoms with E-state index in [9.17, 15) is 9.90 Å². The van der Waals surface area contributed by atoms with Crippen molar-refractivity contribution in [3.8, 4) is 0 Å². The minimum atomic E-state index is -0.0258. The monoisotopic (exact) mass is 199 g/mol. The van der Waals surface area contributed by atoms with Gasteiger partial charge in [0.2, 0.25) is 0 Å². The molecule has 0 bridgehead atoms. The highest BCUT2D eigenvalue weighted by molar-refractivity contribution is 5.83. The Bertz CT molecular complexity index is 205. The summed E-state index contributed by atoms with van der Waals surface area (Å²) >= 11 is 0. The highest BCUT2D eigenvalue weighted by Crippen LogP contribution is 2.25. The molecular formula is C11H21NO2. The van der Waals surface area contributed by atoms with Crippen LogP contribution >= 0.6 is 0 Å². The Morgan fingerprint density at radius 3 is 2.79 bits per heavy atom. The van der Waals surface area contributed by atoms with Crippen LogP contribution in [0, 0.1) is 5.92 Å². The van der Waals surface area contributed by atoms with Gasteiger partial charge in [-0.15, -0.1) is 0 Å². The summed E-state index contributed by atoms with van der Waals surface area (Å²) in [5.74, 6) is 0.782. The van der Waals surface area contributed by atoms with Crippen LogP contribution in [-0.4, -0.2) is 41.0 Å². The summed E-state index contributed by atoms with van der Waals surface area (Å²) < 4.78 is 0. The number of hydrogen-bond donors (Lipinski definition) is 1. The van der Waals surface area contributed by atoms with Gasteiger partial charge >= 0.3 is 0 Å². The van der Waals surface area contributed by atoms with E-state index in [4.69, 9.17) is 0 Å². The van der Waals surface area contributed by atoms with E-state index in [-0.39, 0.29) is 24.5 Å². The Hall–Kier alpha value is -0.410. The summed E-state index contributed by atoms with van der Waals surface area (Å²) in [4.78, 5) is 13.7. The third-order valence-electron chi connectivity index (χ3n) is 3.42. The van der Waals surface area contributed by atoms with Gasteiger partial charge in [0.15, 0.2) is 0 Å². The maximum atomic E-state index is 11.5. The van der Waals surface area contributed by atoms with Crippen LogP contribution < -0.4 is 0 Å². The summed E-state index contributed by atoms with van der Waals surface area (Å²) in [6, 6.07) is 0.155. The van der Waals surface area contributed by atoms with Gasteiger partial charge in [0, 0.05) is 12.5 Å². The Kier molecular flexibility index (Phi) is 4.08. The first-order valence-electron chi connectivity index (χ1n) is 5.51. The van der Waals surface area contributed by atoms with Crippen LogP contribution in [0.4, 0.5) is 0 Å². The third-order valence-corrected chi connectivity index (χ3v) is 3.42. The molecule has 0 aliphatic carbocycles. The van der Waals surface area contributed by atoms with Crippen LogP contribution in [0.3, 0.4) is 0 Å². The second-order valence-corrected chi connectivity index (χ2v) is 4.25. The first kappa shape index (κ1) is 11.7. The molecule has 1 rings (SSSR count). The second kappa shape index (κ2) is 4.89. The van der Waals surface area contributed by atoms with E-state index in [2.05, 4.69) is 11.8 Å². The number of aliphatic hydroxyl groups is 1. The molecule has 3 atom stereocenters. The van der Waals surface area contributed by atoms with E-state index >= 15 is 0 Å². The van der Waals surface area contributed by atoms with Crippen LogP contribution in [0.5, 0.6) is 0 Å². The van der Waals surface area contributed by atoms with Crippen molar-refractivity contribution in [3.63, 3.8) is 0 Å². The molecule has 14 heavy (non-hydrogen) atoms. The average Bonchev–Trinajstić information content (AvgIpc) is 2.57. The molecule has 3 unspecified atom stereocenters. The van der Waals surface area contributed by atoms with E-state index in [1.807, 2.05) is 13.8 Å². The van der Waals surface area contributed by atoms with E-state index < -0.39 is 0 Å². The lowest BCUT2D eigenvalue weighted by Gasteiger charge is -2.29. The molecule has 1 aliphatic rings. The van der Waals surface area contributed by atoms with Gasteiger partial charge in [0.05, 0.1) is 12.6 Å². The molecular weight excluding hydrogens is 178 g/mol. The molecule has 82 valence electrons. The number of aliphatic hydroxyl groups excluding tert-OH is 1. The SMILES string of the molecule is CCC(=O)C(C)N1CCC(C)C1CO. The summed E-state index contributed by atoms with van der Waals surface area (Å²) in [6.45, 7) is 7.10. The largest absolute Gasteiger partial charge is 0.395 e. The lowest BCUT2D eigenvalue weighted by Crippen LogP contribution is -2.44. The van der Waals surface area contributed by atoms with Crippen molar-refractivity contribution in [2.75, 3.05) is 13.2 Å². The summed E-state index contributed by atoms with van der Waals surface area (Å²) in [5, 5.41) is 9.26. The minimum Gasteiger partial charge on any atom is -0.395 e. The van der Waals surface area contributed by atoms with E-state index in [0.717, 1.165) is 13.0 Å². The quantitative estimate of drug-likeness (QED) is 0.736. The van der Waals surface area contributed by atoms with Gasteiger partial charge in [-0.05, 0) is 25.8 Å². The van der Waals surface area contributed by atoms with Crippen molar-refractivity contribution in [1.29, 1.82) is 0 Å². The molecule has 0 radical (unpaired) electrons. The van der Waals surface area contributed by atoms with Gasteiger partial charge < -0.3 is 5.11 Å². The smallest absolute Gasteiger partial charge is 0.149 e. The molecule has 0 spiro atoms. The predicted octanol–water partition coefficient (Wildman–Crippen LogP) is 1.06. The lowest BCUT2D eigenvalue weighted by molar-refractivity contribution is -0.124. The maximum absolute atomic E-state index is 11.5. The molecule has 0 amide bonds. The number of Topliss-reactive ketones (excluding diaryl/α,β-unsaturated/α-hetero) is 1. The van der Waals surface area contributed by atoms with Crippen LogP contribution in [0.25, 0.3) is 0 Å². The maximum Gasteiger partial charge on any atom is 0.149 e. The van der Waals surface area contributed by atoms with Gasteiger partial charge in [0.25, 0.3) is 0 Å². The number of rotatable bonds is 4. The van der Waals surface area contributed by atoms with Gasteiger partial charge in [0.1, 0.15) is 5.78 Å². The van der Waals surface area contributed by atoms with E-state index in [0.29, 0.717) is 12.3 Å². The molecule has 0 aromatic heterocycles. The molecule has 0 aromatic carbocycles. The van der Waals surface area contributed by atoms with Crippen molar-refractivity contribution in [2.24, 2.45) is 5.92 Å². The van der Waals surface area contributed by atoms with Gasteiger partial charge in [-0.3, -0.25) is 9.69 Å². The molecule has 1 heterocycles. The van der Waals surface area contributed by atoms with Crippen molar-refractivity contribution in [1.82, 2.24) is 4.90 Å². The van der Waals surface area contributed by atoms with Gasteiger partial charge in [-0.1, -0.05) is 13.8 Å². The number of ketones is 1. The highest BCUT2D eigenvalue weighted by Gasteiger charge is 2.35. The molecule has 1 saturated heterocycles. The number of carbonyl (C=O) groups excluding carboxylic acids is 1. The van der Waals surface area contributed by atoms with Crippen molar-refractivity contribution < 1.29 is 9.90 Å². The van der Waals surface area contributed by atoms with Crippen molar-refractivity contribution in [2.45, 2.75) is 45.7 Å². The molecule has 3 nitrogen and oxygen atoms in total. The van der Waals surface area contributed by atoms with Crippen molar-refractivity contribution >= 4 is 5.78 Å². The number of likely N-dealkylation sites (tertiary alicyclic amines) is 1. The Morgan fingerprint density at radius 1 is 1.64 bits per heavy atom. The topological polar surface area (TPSA) is 40.5 Å². The van der Waals surface area contributed by atoms with Crippen molar-refractivity contribution in [3.05, 3.63) is 0 Å². The zero-order valence-corrected chi connectivity index (χ0v) is 9.36. The Morgan fingerprint density at radius 2 is 2.29 bits per heavy atom. The van der Waals surface area contributed by atoms with E-state index in [1.54, 1.807) is 0 Å². The molecule has 1 N–H and O–H groups in total. The molecule has 0 saturated carbocycles. The lowest BCUT2D eigenvalue weighted by atomic mass is 10.0. The third kappa shape index (κ3) is 2.15. The Balaban J connectivity index is 2.63. The van der Waals surface area contributed by atoms with Crippen LogP contribution in [0.1, 0.15) is 33.6 Å². The fraction of sp³-hybridized carbons (Fsp3) is 0.909. The van der Waals surface area contributed by atoms with Crippen LogP contribution in [-0.2, 0) is 4.79 Å². The second-order valence-electron chi connectivity index (χ2n) is 4.25. The predicted molar refractivity (Wildman–Crippen MR) is 56.1 cm³/mol. The standard InChI is InChI=1S/C11H21NO2/c1-4-11(14)9(3)12-6-5-8(2)10(12)7-13/h8-10,13H,4-7H2,1-3H3. The number of nitrogens with zero attached hydrogens (tertiary/aromatic N) is 1. The minimum absolute atomic E-state index is 0.0258. The molecule has 1 fully saturated rings. The number of hydrogen-bond acceptors (Lipinski definition) is 3. The summed E-state index contributed by atoms with van der Waals surface area (Å²) in [7, 11) is 0.